The topological polar surface area (TPSA) is 54.5 Å². The molecule has 0 bridgehead atoms. The zero-order valence-electron chi connectivity index (χ0n) is 34.7. The van der Waals surface area contributed by atoms with Crippen LogP contribution in [-0.4, -0.2) is 14.5 Å². The first kappa shape index (κ1) is 35.6. The second-order valence-corrected chi connectivity index (χ2v) is 17.3. The van der Waals surface area contributed by atoms with Crippen LogP contribution in [0.3, 0.4) is 0 Å². The Morgan fingerprint density at radius 2 is 1.37 bits per heavy atom. The van der Waals surface area contributed by atoms with E-state index in [1.165, 1.54) is 93.5 Å². The molecule has 13 rings (SSSR count). The predicted molar refractivity (Wildman–Crippen MR) is 259 cm³/mol. The molecule has 2 heterocycles. The molecule has 4 nitrogen and oxygen atoms in total. The minimum Gasteiger partial charge on any atom is -0.292 e. The number of benzene rings is 8. The maximum absolute atomic E-state index is 9.78. The van der Waals surface area contributed by atoms with E-state index < -0.39 is 0 Å². The van der Waals surface area contributed by atoms with Gasteiger partial charge in [-0.1, -0.05) is 140 Å². The highest BCUT2D eigenvalue weighted by atomic mass is 15.1. The number of hydrogen-bond donors (Lipinski definition) is 0. The van der Waals surface area contributed by atoms with E-state index in [1.54, 1.807) is 0 Å². The van der Waals surface area contributed by atoms with Gasteiger partial charge >= 0.3 is 0 Å². The molecule has 2 aromatic heterocycles. The molecule has 3 aliphatic rings. The van der Waals surface area contributed by atoms with Gasteiger partial charge in [0.2, 0.25) is 0 Å². The molecule has 0 fully saturated rings. The summed E-state index contributed by atoms with van der Waals surface area (Å²) in [5.74, 6) is 0.778. The van der Waals surface area contributed by atoms with Crippen LogP contribution in [-0.2, 0) is 19.3 Å². The first-order valence-electron chi connectivity index (χ1n) is 21.7. The van der Waals surface area contributed by atoms with Crippen LogP contribution in [0.5, 0.6) is 0 Å². The molecule has 0 amide bonds. The fourth-order valence-electron chi connectivity index (χ4n) is 10.9. The van der Waals surface area contributed by atoms with Gasteiger partial charge in [0.25, 0.3) is 0 Å². The van der Waals surface area contributed by atoms with Crippen LogP contribution in [0.1, 0.15) is 46.1 Å². The summed E-state index contributed by atoms with van der Waals surface area (Å²) in [6.07, 6.45) is 8.40. The number of nitrogens with zero attached hydrogens (tertiary/aromatic N) is 4. The quantitative estimate of drug-likeness (QED) is 0.163. The number of nitriles is 1. The van der Waals surface area contributed by atoms with E-state index in [1.807, 2.05) is 36.4 Å². The minimum atomic E-state index is 0.610. The fraction of sp³-hybridized carbons (Fsp3) is 0.0678. The van der Waals surface area contributed by atoms with Gasteiger partial charge in [0.1, 0.15) is 5.69 Å². The molecule has 0 atom stereocenters. The zero-order chi connectivity index (χ0) is 41.9. The van der Waals surface area contributed by atoms with Crippen molar-refractivity contribution >= 4 is 48.9 Å². The normalized spacial score (nSPS) is 13.5. The molecule has 0 saturated heterocycles. The molecule has 0 N–H and O–H groups in total. The second kappa shape index (κ2) is 13.4. The molecular formula is C59H38N4. The third-order valence-corrected chi connectivity index (χ3v) is 13.8. The Bertz CT molecular complexity index is 3790. The smallest absolute Gasteiger partial charge is 0.165 e. The van der Waals surface area contributed by atoms with Crippen LogP contribution in [0, 0.1) is 11.3 Å². The highest BCUT2D eigenvalue weighted by molar-refractivity contribution is 6.27. The molecule has 4 heteroatoms. The molecular weight excluding hydrogens is 765 g/mol. The largest absolute Gasteiger partial charge is 0.292 e. The number of para-hydroxylation sites is 1. The molecule has 0 unspecified atom stereocenters. The van der Waals surface area contributed by atoms with Gasteiger partial charge in [-0.15, -0.1) is 0 Å². The van der Waals surface area contributed by atoms with Crippen molar-refractivity contribution in [2.45, 2.75) is 26.2 Å². The standard InChI is InChI=1S/C59H38N4/c1-3-4-14-44-34(2)26-52-57(44)62-59(56(61-52)36-20-18-35(33-60)19-21-36)63-53-17-10-9-16-47(53)55-50-31-40(39-22-23-42-28-41-13-7-8-15-45(41)48(42)29-39)24-25-46(50)54-49-30-38-12-6-5-11-37(38)27-43(49)32-51(54)58(55)63/h3-25,27,29-31H,1,26,28,32H2,2H3/b14-4-. The summed E-state index contributed by atoms with van der Waals surface area (Å²) in [5, 5.41) is 17.1. The Hall–Kier alpha value is -8.13. The maximum atomic E-state index is 9.78. The SMILES string of the molecule is C=C/C=C\C1=C(C)Cc2nc(-c3ccc(C#N)cc3)c(-n3c4ccccc4c4c5cc(-c6ccc7c(c6)-c6ccccc6C7)ccc5c5c(c43)Cc3cc4ccccc4cc3-5)nc21. The van der Waals surface area contributed by atoms with Crippen molar-refractivity contribution < 1.29 is 0 Å². The third-order valence-electron chi connectivity index (χ3n) is 13.8. The van der Waals surface area contributed by atoms with Gasteiger partial charge in [-0.2, -0.15) is 5.26 Å². The number of rotatable bonds is 5. The molecule has 0 radical (unpaired) electrons. The molecule has 3 aliphatic carbocycles. The average molecular weight is 803 g/mol. The van der Waals surface area contributed by atoms with Crippen LogP contribution >= 0.6 is 0 Å². The van der Waals surface area contributed by atoms with Gasteiger partial charge in [0, 0.05) is 34.8 Å². The monoisotopic (exact) mass is 802 g/mol. The minimum absolute atomic E-state index is 0.610. The lowest BCUT2D eigenvalue weighted by molar-refractivity contribution is 0.986. The Balaban J connectivity index is 1.16. The van der Waals surface area contributed by atoms with Crippen LogP contribution in [0.25, 0.3) is 99.4 Å². The van der Waals surface area contributed by atoms with E-state index in [0.29, 0.717) is 5.56 Å². The van der Waals surface area contributed by atoms with Crippen LogP contribution in [0.2, 0.25) is 0 Å². The van der Waals surface area contributed by atoms with Crippen molar-refractivity contribution in [3.05, 3.63) is 215 Å². The van der Waals surface area contributed by atoms with E-state index in [9.17, 15) is 5.26 Å². The molecule has 0 spiro atoms. The van der Waals surface area contributed by atoms with Crippen molar-refractivity contribution in [1.29, 1.82) is 5.26 Å². The van der Waals surface area contributed by atoms with Crippen LogP contribution in [0.4, 0.5) is 0 Å². The van der Waals surface area contributed by atoms with Crippen molar-refractivity contribution in [2.24, 2.45) is 0 Å². The van der Waals surface area contributed by atoms with Crippen molar-refractivity contribution in [2.75, 3.05) is 0 Å². The van der Waals surface area contributed by atoms with Crippen LogP contribution in [0.15, 0.2) is 176 Å². The number of hydrogen-bond acceptors (Lipinski definition) is 3. The summed E-state index contributed by atoms with van der Waals surface area (Å²) in [6, 6.07) is 55.4. The molecule has 294 valence electrons. The van der Waals surface area contributed by atoms with E-state index in [-0.39, 0.29) is 0 Å². The average Bonchev–Trinajstić information content (AvgIpc) is 4.07. The first-order chi connectivity index (χ1) is 31.0. The van der Waals surface area contributed by atoms with Crippen molar-refractivity contribution in [3.8, 4) is 56.5 Å². The summed E-state index contributed by atoms with van der Waals surface area (Å²) in [7, 11) is 0. The van der Waals surface area contributed by atoms with Gasteiger partial charge < -0.3 is 0 Å². The van der Waals surface area contributed by atoms with E-state index in [2.05, 4.69) is 152 Å². The molecule has 63 heavy (non-hydrogen) atoms. The Labute approximate surface area is 365 Å². The fourth-order valence-corrected chi connectivity index (χ4v) is 10.9. The lowest BCUT2D eigenvalue weighted by Crippen LogP contribution is -2.08. The van der Waals surface area contributed by atoms with Crippen molar-refractivity contribution in [3.63, 3.8) is 0 Å². The second-order valence-electron chi connectivity index (χ2n) is 17.3. The third kappa shape index (κ3) is 5.21. The summed E-state index contributed by atoms with van der Waals surface area (Å²) >= 11 is 0. The number of allylic oxidation sites excluding steroid dienone is 5. The van der Waals surface area contributed by atoms with Gasteiger partial charge in [-0.05, 0) is 127 Å². The zero-order valence-corrected chi connectivity index (χ0v) is 34.7. The molecule has 8 aromatic carbocycles. The van der Waals surface area contributed by atoms with E-state index in [0.717, 1.165) is 64.3 Å². The van der Waals surface area contributed by atoms with Gasteiger partial charge in [0.05, 0.1) is 34.1 Å². The van der Waals surface area contributed by atoms with Crippen LogP contribution < -0.4 is 0 Å². The number of aromatic nitrogens is 3. The molecule has 0 saturated carbocycles. The van der Waals surface area contributed by atoms with E-state index in [4.69, 9.17) is 9.97 Å². The molecule has 10 aromatic rings. The Morgan fingerprint density at radius 1 is 0.619 bits per heavy atom. The summed E-state index contributed by atoms with van der Waals surface area (Å²) in [4.78, 5) is 11.2. The van der Waals surface area contributed by atoms with Gasteiger partial charge in [0.15, 0.2) is 5.82 Å². The lowest BCUT2D eigenvalue weighted by atomic mass is 9.90. The first-order valence-corrected chi connectivity index (χ1v) is 21.7. The maximum Gasteiger partial charge on any atom is 0.165 e. The summed E-state index contributed by atoms with van der Waals surface area (Å²) < 4.78 is 2.41. The Morgan fingerprint density at radius 3 is 2.22 bits per heavy atom. The number of fused-ring (bicyclic) bond motifs is 15. The van der Waals surface area contributed by atoms with Crippen molar-refractivity contribution in [1.82, 2.24) is 14.5 Å². The molecule has 0 aliphatic heterocycles. The lowest BCUT2D eigenvalue weighted by Gasteiger charge is -2.18. The Kier molecular flexibility index (Phi) is 7.59. The van der Waals surface area contributed by atoms with E-state index >= 15 is 0 Å². The van der Waals surface area contributed by atoms with Gasteiger partial charge in [-0.25, -0.2) is 9.97 Å². The summed E-state index contributed by atoms with van der Waals surface area (Å²) in [5.41, 5.74) is 21.8. The predicted octanol–water partition coefficient (Wildman–Crippen LogP) is 14.3. The summed E-state index contributed by atoms with van der Waals surface area (Å²) in [6.45, 7) is 6.14. The highest BCUT2D eigenvalue weighted by Crippen LogP contribution is 2.52. The highest BCUT2D eigenvalue weighted by Gasteiger charge is 2.32. The van der Waals surface area contributed by atoms with Gasteiger partial charge in [-0.3, -0.25) is 4.57 Å².